The molecule has 3 aromatic carbocycles. The molecule has 0 heterocycles. The van der Waals surface area contributed by atoms with Gasteiger partial charge < -0.3 is 15.4 Å². The SMILES string of the molecule is CC(=O)Nc1ccc(C(=O)N/N=C/c2cc(NC(C)=O)ccc2C(=O)Oc2ccccc2)cc1. The minimum atomic E-state index is -0.623. The number of esters is 1. The number of benzene rings is 3. The van der Waals surface area contributed by atoms with Crippen LogP contribution in [-0.2, 0) is 9.59 Å². The van der Waals surface area contributed by atoms with Gasteiger partial charge in [0.05, 0.1) is 11.8 Å². The molecule has 0 atom stereocenters. The van der Waals surface area contributed by atoms with E-state index < -0.39 is 11.9 Å². The third-order valence-corrected chi connectivity index (χ3v) is 4.38. The molecule has 0 radical (unpaired) electrons. The van der Waals surface area contributed by atoms with Gasteiger partial charge in [-0.15, -0.1) is 0 Å². The highest BCUT2D eigenvalue weighted by Gasteiger charge is 2.14. The largest absolute Gasteiger partial charge is 0.423 e. The number of amides is 3. The fourth-order valence-electron chi connectivity index (χ4n) is 2.92. The van der Waals surface area contributed by atoms with E-state index in [9.17, 15) is 19.2 Å². The van der Waals surface area contributed by atoms with Gasteiger partial charge in [-0.3, -0.25) is 14.4 Å². The van der Waals surface area contributed by atoms with Gasteiger partial charge in [0, 0.05) is 36.3 Å². The van der Waals surface area contributed by atoms with Crippen molar-refractivity contribution in [2.24, 2.45) is 5.10 Å². The highest BCUT2D eigenvalue weighted by Crippen LogP contribution is 2.18. The van der Waals surface area contributed by atoms with Crippen LogP contribution in [-0.4, -0.2) is 29.9 Å². The van der Waals surface area contributed by atoms with Crippen molar-refractivity contribution >= 4 is 41.3 Å². The number of nitrogens with one attached hydrogen (secondary N) is 3. The van der Waals surface area contributed by atoms with E-state index in [0.29, 0.717) is 28.3 Å². The summed E-state index contributed by atoms with van der Waals surface area (Å²) >= 11 is 0. The molecule has 3 aromatic rings. The molecule has 0 aliphatic heterocycles. The molecule has 9 nitrogen and oxygen atoms in total. The van der Waals surface area contributed by atoms with Crippen LogP contribution in [0.1, 0.15) is 40.1 Å². The Bertz CT molecular complexity index is 1240. The van der Waals surface area contributed by atoms with E-state index in [0.717, 1.165) is 0 Å². The second-order valence-electron chi connectivity index (χ2n) is 7.14. The zero-order chi connectivity index (χ0) is 24.5. The van der Waals surface area contributed by atoms with Crippen LogP contribution in [0.3, 0.4) is 0 Å². The first-order valence-electron chi connectivity index (χ1n) is 10.2. The van der Waals surface area contributed by atoms with Gasteiger partial charge >= 0.3 is 5.97 Å². The first-order chi connectivity index (χ1) is 16.3. The Balaban J connectivity index is 1.77. The monoisotopic (exact) mass is 458 g/mol. The Kier molecular flexibility index (Phi) is 7.85. The molecule has 3 amide bonds. The first-order valence-corrected chi connectivity index (χ1v) is 10.2. The summed E-state index contributed by atoms with van der Waals surface area (Å²) in [6.07, 6.45) is 1.29. The number of carbonyl (C=O) groups is 4. The molecule has 3 N–H and O–H groups in total. The summed E-state index contributed by atoms with van der Waals surface area (Å²) in [5, 5.41) is 9.19. The van der Waals surface area contributed by atoms with Crippen LogP contribution in [0.5, 0.6) is 5.75 Å². The molecular formula is C25H22N4O5. The number of hydrogen-bond acceptors (Lipinski definition) is 6. The van der Waals surface area contributed by atoms with Gasteiger partial charge in [0.25, 0.3) is 5.91 Å². The smallest absolute Gasteiger partial charge is 0.344 e. The van der Waals surface area contributed by atoms with E-state index in [1.165, 1.54) is 38.3 Å². The van der Waals surface area contributed by atoms with Crippen molar-refractivity contribution in [2.75, 3.05) is 10.6 Å². The van der Waals surface area contributed by atoms with Crippen molar-refractivity contribution in [3.05, 3.63) is 89.5 Å². The molecule has 0 bridgehead atoms. The topological polar surface area (TPSA) is 126 Å². The maximum absolute atomic E-state index is 12.7. The molecule has 9 heteroatoms. The second-order valence-corrected chi connectivity index (χ2v) is 7.14. The fraction of sp³-hybridized carbons (Fsp3) is 0.0800. The van der Waals surface area contributed by atoms with E-state index >= 15 is 0 Å². The Morgan fingerprint density at radius 1 is 0.794 bits per heavy atom. The van der Waals surface area contributed by atoms with Crippen LogP contribution in [0.4, 0.5) is 11.4 Å². The van der Waals surface area contributed by atoms with Crippen LogP contribution in [0.15, 0.2) is 77.9 Å². The summed E-state index contributed by atoms with van der Waals surface area (Å²) in [4.78, 5) is 47.6. The minimum absolute atomic E-state index is 0.190. The zero-order valence-corrected chi connectivity index (χ0v) is 18.5. The van der Waals surface area contributed by atoms with Crippen molar-refractivity contribution in [1.29, 1.82) is 0 Å². The summed E-state index contributed by atoms with van der Waals surface area (Å²) in [6, 6.07) is 19.4. The molecule has 0 unspecified atom stereocenters. The average molecular weight is 458 g/mol. The summed E-state index contributed by atoms with van der Waals surface area (Å²) in [5.74, 6) is -1.24. The van der Waals surface area contributed by atoms with Crippen LogP contribution in [0.2, 0.25) is 0 Å². The van der Waals surface area contributed by atoms with E-state index in [-0.39, 0.29) is 17.4 Å². The third kappa shape index (κ3) is 6.86. The van der Waals surface area contributed by atoms with E-state index in [4.69, 9.17) is 4.74 Å². The normalized spacial score (nSPS) is 10.4. The lowest BCUT2D eigenvalue weighted by Crippen LogP contribution is -2.18. The summed E-state index contributed by atoms with van der Waals surface area (Å²) in [6.45, 7) is 2.75. The molecule has 172 valence electrons. The van der Waals surface area contributed by atoms with Gasteiger partial charge in [0.15, 0.2) is 0 Å². The lowest BCUT2D eigenvalue weighted by atomic mass is 10.1. The molecule has 0 saturated heterocycles. The fourth-order valence-corrected chi connectivity index (χ4v) is 2.92. The number of nitrogens with zero attached hydrogens (tertiary/aromatic N) is 1. The molecule has 34 heavy (non-hydrogen) atoms. The standard InChI is InChI=1S/C25H22N4O5/c1-16(30)27-20-10-8-18(9-11-20)24(32)29-26-15-19-14-21(28-17(2)31)12-13-23(19)25(33)34-22-6-4-3-5-7-22/h3-15H,1-2H3,(H,27,30)(H,28,31)(H,29,32)/b26-15+. The molecule has 3 rings (SSSR count). The number of ether oxygens (including phenoxy) is 1. The van der Waals surface area contributed by atoms with Gasteiger partial charge in [0.2, 0.25) is 11.8 Å². The molecule has 0 aliphatic rings. The summed E-state index contributed by atoms with van der Waals surface area (Å²) in [7, 11) is 0. The van der Waals surface area contributed by atoms with E-state index in [2.05, 4.69) is 21.2 Å². The van der Waals surface area contributed by atoms with Gasteiger partial charge in [-0.05, 0) is 54.6 Å². The maximum atomic E-state index is 12.7. The molecule has 0 saturated carbocycles. The molecule has 0 aliphatic carbocycles. The Hall–Kier alpha value is -4.79. The average Bonchev–Trinajstić information content (AvgIpc) is 2.79. The zero-order valence-electron chi connectivity index (χ0n) is 18.5. The van der Waals surface area contributed by atoms with Gasteiger partial charge in [-0.2, -0.15) is 5.10 Å². The molecular weight excluding hydrogens is 436 g/mol. The predicted octanol–water partition coefficient (Wildman–Crippen LogP) is 3.59. The van der Waals surface area contributed by atoms with Crippen molar-refractivity contribution < 1.29 is 23.9 Å². The van der Waals surface area contributed by atoms with E-state index in [1.54, 1.807) is 54.6 Å². The van der Waals surface area contributed by atoms with Crippen LogP contribution in [0.25, 0.3) is 0 Å². The lowest BCUT2D eigenvalue weighted by molar-refractivity contribution is -0.115. The van der Waals surface area contributed by atoms with Gasteiger partial charge in [-0.1, -0.05) is 18.2 Å². The molecule has 0 spiro atoms. The van der Waals surface area contributed by atoms with Crippen molar-refractivity contribution in [1.82, 2.24) is 5.43 Å². The number of anilines is 2. The number of carbonyl (C=O) groups excluding carboxylic acids is 4. The van der Waals surface area contributed by atoms with Crippen LogP contribution in [0, 0.1) is 0 Å². The summed E-state index contributed by atoms with van der Waals surface area (Å²) < 4.78 is 5.39. The Morgan fingerprint density at radius 3 is 2.06 bits per heavy atom. The van der Waals surface area contributed by atoms with Crippen molar-refractivity contribution in [3.8, 4) is 5.75 Å². The predicted molar refractivity (Wildman–Crippen MR) is 128 cm³/mol. The third-order valence-electron chi connectivity index (χ3n) is 4.38. The number of hydrazone groups is 1. The van der Waals surface area contributed by atoms with Gasteiger partial charge in [0.1, 0.15) is 5.75 Å². The minimum Gasteiger partial charge on any atom is -0.423 e. The summed E-state index contributed by atoms with van der Waals surface area (Å²) in [5.41, 5.74) is 4.23. The number of para-hydroxylation sites is 1. The molecule has 0 fully saturated rings. The van der Waals surface area contributed by atoms with E-state index in [1.807, 2.05) is 0 Å². The molecule has 0 aromatic heterocycles. The van der Waals surface area contributed by atoms with Crippen LogP contribution < -0.4 is 20.8 Å². The van der Waals surface area contributed by atoms with Crippen molar-refractivity contribution in [2.45, 2.75) is 13.8 Å². The van der Waals surface area contributed by atoms with Crippen LogP contribution >= 0.6 is 0 Å². The van der Waals surface area contributed by atoms with Gasteiger partial charge in [-0.25, -0.2) is 10.2 Å². The number of hydrogen-bond donors (Lipinski definition) is 3. The highest BCUT2D eigenvalue weighted by atomic mass is 16.5. The quantitative estimate of drug-likeness (QED) is 0.216. The Labute approximate surface area is 195 Å². The number of rotatable bonds is 7. The second kappa shape index (κ2) is 11.2. The van der Waals surface area contributed by atoms with Crippen molar-refractivity contribution in [3.63, 3.8) is 0 Å². The Morgan fingerprint density at radius 2 is 1.41 bits per heavy atom. The maximum Gasteiger partial charge on any atom is 0.344 e. The highest BCUT2D eigenvalue weighted by molar-refractivity contribution is 6.02. The first kappa shape index (κ1) is 23.9. The lowest BCUT2D eigenvalue weighted by Gasteiger charge is -2.09.